The van der Waals surface area contributed by atoms with Crippen molar-refractivity contribution in [2.24, 2.45) is 0 Å². The van der Waals surface area contributed by atoms with E-state index in [1.54, 1.807) is 12.1 Å². The van der Waals surface area contributed by atoms with Gasteiger partial charge in [0, 0.05) is 6.54 Å². The van der Waals surface area contributed by atoms with Crippen LogP contribution in [0.3, 0.4) is 0 Å². The SMILES string of the molecule is COC(=O)c1ccc(O)c(NC/C=C(\C)CC/C=C(\C)CCC=C(C)C)c1. The second-order valence-electron chi connectivity index (χ2n) is 7.06. The number of anilines is 1. The highest BCUT2D eigenvalue weighted by molar-refractivity contribution is 5.91. The van der Waals surface area contributed by atoms with Gasteiger partial charge in [0.05, 0.1) is 18.4 Å². The van der Waals surface area contributed by atoms with Gasteiger partial charge in [-0.3, -0.25) is 0 Å². The van der Waals surface area contributed by atoms with Gasteiger partial charge in [0.15, 0.2) is 0 Å². The number of hydrogen-bond donors (Lipinski definition) is 2. The first kappa shape index (κ1) is 22.6. The van der Waals surface area contributed by atoms with Gasteiger partial charge in [0.2, 0.25) is 0 Å². The van der Waals surface area contributed by atoms with Gasteiger partial charge in [-0.05, 0) is 71.6 Å². The Morgan fingerprint density at radius 1 is 1.04 bits per heavy atom. The van der Waals surface area contributed by atoms with Crippen LogP contribution in [0, 0.1) is 0 Å². The van der Waals surface area contributed by atoms with Gasteiger partial charge in [-0.2, -0.15) is 0 Å². The van der Waals surface area contributed by atoms with Gasteiger partial charge in [0.1, 0.15) is 5.75 Å². The minimum absolute atomic E-state index is 0.114. The Labute approximate surface area is 163 Å². The predicted molar refractivity (Wildman–Crippen MR) is 113 cm³/mol. The smallest absolute Gasteiger partial charge is 0.337 e. The van der Waals surface area contributed by atoms with Crippen LogP contribution < -0.4 is 5.32 Å². The summed E-state index contributed by atoms with van der Waals surface area (Å²) in [6.07, 6.45) is 11.0. The fourth-order valence-corrected chi connectivity index (χ4v) is 2.60. The quantitative estimate of drug-likeness (QED) is 0.300. The molecule has 0 amide bonds. The average Bonchev–Trinajstić information content (AvgIpc) is 2.62. The summed E-state index contributed by atoms with van der Waals surface area (Å²) in [6, 6.07) is 4.64. The maximum atomic E-state index is 11.6. The fourth-order valence-electron chi connectivity index (χ4n) is 2.60. The summed E-state index contributed by atoms with van der Waals surface area (Å²) < 4.78 is 4.70. The number of esters is 1. The monoisotopic (exact) mass is 371 g/mol. The molecule has 0 saturated heterocycles. The number of nitrogens with one attached hydrogen (secondary N) is 1. The molecule has 0 unspecified atom stereocenters. The number of hydrogen-bond acceptors (Lipinski definition) is 4. The molecule has 1 aromatic carbocycles. The summed E-state index contributed by atoms with van der Waals surface area (Å²) in [7, 11) is 1.34. The lowest BCUT2D eigenvalue weighted by Crippen LogP contribution is -2.04. The van der Waals surface area contributed by atoms with E-state index in [1.807, 2.05) is 0 Å². The van der Waals surface area contributed by atoms with Crippen molar-refractivity contribution in [1.82, 2.24) is 0 Å². The molecule has 0 aliphatic carbocycles. The number of aromatic hydroxyl groups is 1. The Morgan fingerprint density at radius 3 is 2.30 bits per heavy atom. The van der Waals surface area contributed by atoms with Crippen molar-refractivity contribution in [3.8, 4) is 5.75 Å². The van der Waals surface area contributed by atoms with Crippen molar-refractivity contribution >= 4 is 11.7 Å². The molecule has 0 heterocycles. The fraction of sp³-hybridized carbons (Fsp3) is 0.435. The molecule has 0 bridgehead atoms. The van der Waals surface area contributed by atoms with E-state index in [1.165, 1.54) is 29.9 Å². The first-order valence-electron chi connectivity index (χ1n) is 9.43. The molecule has 2 N–H and O–H groups in total. The number of carbonyl (C=O) groups is 1. The summed E-state index contributed by atoms with van der Waals surface area (Å²) in [6.45, 7) is 9.15. The third-order valence-electron chi connectivity index (χ3n) is 4.28. The molecule has 0 fully saturated rings. The molecule has 0 spiro atoms. The van der Waals surface area contributed by atoms with Crippen LogP contribution in [0.15, 0.2) is 53.1 Å². The molecule has 27 heavy (non-hydrogen) atoms. The largest absolute Gasteiger partial charge is 0.506 e. The average molecular weight is 372 g/mol. The molecule has 0 radical (unpaired) electrons. The molecule has 1 aromatic rings. The minimum atomic E-state index is -0.420. The van der Waals surface area contributed by atoms with E-state index in [-0.39, 0.29) is 5.75 Å². The predicted octanol–water partition coefficient (Wildman–Crippen LogP) is 6.01. The van der Waals surface area contributed by atoms with E-state index in [4.69, 9.17) is 4.74 Å². The van der Waals surface area contributed by atoms with Gasteiger partial charge < -0.3 is 15.2 Å². The number of ether oxygens (including phenoxy) is 1. The highest BCUT2D eigenvalue weighted by Gasteiger charge is 2.08. The number of phenols is 1. The molecular weight excluding hydrogens is 338 g/mol. The Balaban J connectivity index is 2.47. The summed E-state index contributed by atoms with van der Waals surface area (Å²) in [5.41, 5.74) is 5.03. The van der Waals surface area contributed by atoms with Crippen LogP contribution in [0.5, 0.6) is 5.75 Å². The highest BCUT2D eigenvalue weighted by atomic mass is 16.5. The van der Waals surface area contributed by atoms with Crippen LogP contribution in [-0.4, -0.2) is 24.7 Å². The Kier molecular flexibility index (Phi) is 10.0. The molecule has 1 rings (SSSR count). The van der Waals surface area contributed by atoms with Crippen LogP contribution >= 0.6 is 0 Å². The van der Waals surface area contributed by atoms with Crippen molar-refractivity contribution in [3.63, 3.8) is 0 Å². The minimum Gasteiger partial charge on any atom is -0.506 e. The molecule has 4 heteroatoms. The maximum Gasteiger partial charge on any atom is 0.337 e. The molecule has 0 saturated carbocycles. The van der Waals surface area contributed by atoms with Gasteiger partial charge in [0.25, 0.3) is 0 Å². The van der Waals surface area contributed by atoms with Crippen molar-refractivity contribution < 1.29 is 14.6 Å². The normalized spacial score (nSPS) is 11.9. The Bertz CT molecular complexity index is 710. The van der Waals surface area contributed by atoms with Gasteiger partial charge in [-0.1, -0.05) is 34.9 Å². The number of carbonyl (C=O) groups excluding carboxylic acids is 1. The van der Waals surface area contributed by atoms with Gasteiger partial charge >= 0.3 is 5.97 Å². The Morgan fingerprint density at radius 2 is 1.67 bits per heavy atom. The van der Waals surface area contributed by atoms with Crippen molar-refractivity contribution in [2.45, 2.75) is 53.4 Å². The topological polar surface area (TPSA) is 58.6 Å². The van der Waals surface area contributed by atoms with Crippen LogP contribution in [0.4, 0.5) is 5.69 Å². The number of phenolic OH excluding ortho intramolecular Hbond substituents is 1. The molecule has 0 aliphatic rings. The zero-order valence-electron chi connectivity index (χ0n) is 17.3. The van der Waals surface area contributed by atoms with E-state index >= 15 is 0 Å². The molecule has 0 aromatic heterocycles. The van der Waals surface area contributed by atoms with E-state index in [2.05, 4.69) is 51.2 Å². The zero-order chi connectivity index (χ0) is 20.2. The molecular formula is C23H33NO3. The number of benzene rings is 1. The molecule has 148 valence electrons. The van der Waals surface area contributed by atoms with Gasteiger partial charge in [-0.15, -0.1) is 0 Å². The lowest BCUT2D eigenvalue weighted by atomic mass is 10.1. The van der Waals surface area contributed by atoms with E-state index < -0.39 is 5.97 Å². The summed E-state index contributed by atoms with van der Waals surface area (Å²) >= 11 is 0. The third-order valence-corrected chi connectivity index (χ3v) is 4.28. The highest BCUT2D eigenvalue weighted by Crippen LogP contribution is 2.24. The standard InChI is InChI=1S/C23H33NO3/c1-17(2)8-6-9-18(3)10-7-11-19(4)14-15-24-21-16-20(23(26)27-5)12-13-22(21)25/h8,10,12-14,16,24-25H,6-7,9,11,15H2,1-5H3/b18-10+,19-14+. The molecule has 0 atom stereocenters. The van der Waals surface area contributed by atoms with Crippen molar-refractivity contribution in [2.75, 3.05) is 19.0 Å². The summed E-state index contributed by atoms with van der Waals surface area (Å²) in [5.74, 6) is -0.305. The summed E-state index contributed by atoms with van der Waals surface area (Å²) in [4.78, 5) is 11.6. The van der Waals surface area contributed by atoms with Crippen LogP contribution in [0.25, 0.3) is 0 Å². The van der Waals surface area contributed by atoms with Crippen LogP contribution in [0.1, 0.15) is 63.7 Å². The first-order chi connectivity index (χ1) is 12.8. The zero-order valence-corrected chi connectivity index (χ0v) is 17.3. The second-order valence-corrected chi connectivity index (χ2v) is 7.06. The van der Waals surface area contributed by atoms with E-state index in [0.29, 0.717) is 17.8 Å². The summed E-state index contributed by atoms with van der Waals surface area (Å²) in [5, 5.41) is 13.1. The maximum absolute atomic E-state index is 11.6. The lowest BCUT2D eigenvalue weighted by molar-refractivity contribution is 0.0601. The Hall–Kier alpha value is -2.49. The second kappa shape index (κ2) is 12.0. The molecule has 4 nitrogen and oxygen atoms in total. The lowest BCUT2D eigenvalue weighted by Gasteiger charge is -2.09. The number of allylic oxidation sites excluding steroid dienone is 5. The van der Waals surface area contributed by atoms with Gasteiger partial charge in [-0.25, -0.2) is 4.79 Å². The van der Waals surface area contributed by atoms with E-state index in [9.17, 15) is 9.90 Å². The van der Waals surface area contributed by atoms with Crippen LogP contribution in [0.2, 0.25) is 0 Å². The van der Waals surface area contributed by atoms with Crippen molar-refractivity contribution in [3.05, 3.63) is 58.7 Å². The third kappa shape index (κ3) is 9.13. The first-order valence-corrected chi connectivity index (χ1v) is 9.43. The van der Waals surface area contributed by atoms with Crippen molar-refractivity contribution in [1.29, 1.82) is 0 Å². The number of methoxy groups -OCH3 is 1. The van der Waals surface area contributed by atoms with E-state index in [0.717, 1.165) is 25.7 Å². The van der Waals surface area contributed by atoms with Crippen LogP contribution in [-0.2, 0) is 4.74 Å². The molecule has 0 aliphatic heterocycles. The number of rotatable bonds is 10.